The van der Waals surface area contributed by atoms with Gasteiger partial charge in [-0.2, -0.15) is 5.10 Å². The van der Waals surface area contributed by atoms with Gasteiger partial charge in [-0.25, -0.2) is 10.2 Å². The molecule has 0 atom stereocenters. The van der Waals surface area contributed by atoms with Gasteiger partial charge in [0.25, 0.3) is 5.91 Å². The molecule has 5 nitrogen and oxygen atoms in total. The molecule has 4 aromatic rings. The molecule has 7 heteroatoms. The molecule has 0 aliphatic rings. The molecule has 1 amide bonds. The summed E-state index contributed by atoms with van der Waals surface area (Å²) in [5, 5.41) is 5.20. The van der Waals surface area contributed by atoms with Crippen LogP contribution in [0.15, 0.2) is 77.9 Å². The van der Waals surface area contributed by atoms with Crippen LogP contribution in [0.4, 0.5) is 0 Å². The van der Waals surface area contributed by atoms with Gasteiger partial charge >= 0.3 is 5.97 Å². The van der Waals surface area contributed by atoms with Gasteiger partial charge in [-0.1, -0.05) is 47.5 Å². The van der Waals surface area contributed by atoms with Crippen molar-refractivity contribution in [3.8, 4) is 5.75 Å². The van der Waals surface area contributed by atoms with Crippen molar-refractivity contribution in [2.24, 2.45) is 5.10 Å². The lowest BCUT2D eigenvalue weighted by Crippen LogP contribution is -2.17. The SMILES string of the molecule is Cc1ccc(C(=O)N/N=C/c2ccc(OC(=O)c3sc4ccccc4c3Cl)cc2)cc1. The highest BCUT2D eigenvalue weighted by Gasteiger charge is 2.18. The summed E-state index contributed by atoms with van der Waals surface area (Å²) < 4.78 is 6.38. The summed E-state index contributed by atoms with van der Waals surface area (Å²) in [4.78, 5) is 24.9. The number of hydrogen-bond donors (Lipinski definition) is 1. The average Bonchev–Trinajstić information content (AvgIpc) is 3.12. The van der Waals surface area contributed by atoms with Gasteiger partial charge in [0.1, 0.15) is 10.6 Å². The van der Waals surface area contributed by atoms with E-state index in [4.69, 9.17) is 16.3 Å². The quantitative estimate of drug-likeness (QED) is 0.180. The van der Waals surface area contributed by atoms with Gasteiger partial charge in [0.15, 0.2) is 0 Å². The molecule has 0 aliphatic carbocycles. The molecule has 1 N–H and O–H groups in total. The third kappa shape index (κ3) is 4.82. The number of fused-ring (bicyclic) bond motifs is 1. The van der Waals surface area contributed by atoms with Crippen molar-refractivity contribution in [1.29, 1.82) is 0 Å². The third-order valence-corrected chi connectivity index (χ3v) is 6.16. The van der Waals surface area contributed by atoms with E-state index >= 15 is 0 Å². The van der Waals surface area contributed by atoms with Crippen molar-refractivity contribution in [2.75, 3.05) is 0 Å². The van der Waals surface area contributed by atoms with Crippen molar-refractivity contribution in [3.05, 3.63) is 99.4 Å². The zero-order valence-electron chi connectivity index (χ0n) is 16.5. The molecule has 31 heavy (non-hydrogen) atoms. The van der Waals surface area contributed by atoms with Crippen molar-refractivity contribution < 1.29 is 14.3 Å². The smallest absolute Gasteiger partial charge is 0.355 e. The van der Waals surface area contributed by atoms with Crippen LogP contribution in [0, 0.1) is 6.92 Å². The minimum atomic E-state index is -0.502. The predicted octanol–water partition coefficient (Wildman–Crippen LogP) is 5.85. The van der Waals surface area contributed by atoms with Crippen LogP contribution in [0.1, 0.15) is 31.2 Å². The fraction of sp³-hybridized carbons (Fsp3) is 0.0417. The standard InChI is InChI=1S/C24H17ClN2O3S/c1-15-6-10-17(11-7-15)23(28)27-26-14-16-8-12-18(13-9-16)30-24(29)22-21(25)19-4-2-3-5-20(19)31-22/h2-14H,1H3,(H,27,28)/b26-14+. The maximum atomic E-state index is 12.5. The molecular weight excluding hydrogens is 432 g/mol. The number of esters is 1. The van der Waals surface area contributed by atoms with E-state index in [1.54, 1.807) is 36.4 Å². The number of ether oxygens (including phenoxy) is 1. The van der Waals surface area contributed by atoms with Crippen LogP contribution in [0.5, 0.6) is 5.75 Å². The van der Waals surface area contributed by atoms with Crippen molar-refractivity contribution in [1.82, 2.24) is 5.43 Å². The number of halogens is 1. The minimum absolute atomic E-state index is 0.290. The van der Waals surface area contributed by atoms with Crippen LogP contribution < -0.4 is 10.2 Å². The lowest BCUT2D eigenvalue weighted by Gasteiger charge is -2.04. The summed E-state index contributed by atoms with van der Waals surface area (Å²) in [6.07, 6.45) is 1.51. The zero-order chi connectivity index (χ0) is 21.8. The van der Waals surface area contributed by atoms with Gasteiger partial charge in [0.05, 0.1) is 11.2 Å². The monoisotopic (exact) mass is 448 g/mol. The Bertz CT molecular complexity index is 1280. The third-order valence-electron chi connectivity index (χ3n) is 4.50. The first-order valence-corrected chi connectivity index (χ1v) is 10.6. The summed E-state index contributed by atoms with van der Waals surface area (Å²) >= 11 is 7.64. The Balaban J connectivity index is 1.38. The highest BCUT2D eigenvalue weighted by molar-refractivity contribution is 7.21. The molecule has 1 heterocycles. The first-order valence-electron chi connectivity index (χ1n) is 9.40. The van der Waals surface area contributed by atoms with Gasteiger partial charge < -0.3 is 4.74 Å². The van der Waals surface area contributed by atoms with Crippen LogP contribution in [0.3, 0.4) is 0 Å². The summed E-state index contributed by atoms with van der Waals surface area (Å²) in [6.45, 7) is 1.96. The second-order valence-corrected chi connectivity index (χ2v) is 8.20. The molecule has 0 radical (unpaired) electrons. The molecule has 3 aromatic carbocycles. The molecule has 0 aliphatic heterocycles. The van der Waals surface area contributed by atoms with Crippen LogP contribution in [-0.4, -0.2) is 18.1 Å². The van der Waals surface area contributed by atoms with E-state index in [-0.39, 0.29) is 5.91 Å². The van der Waals surface area contributed by atoms with Gasteiger partial charge in [0, 0.05) is 15.6 Å². The highest BCUT2D eigenvalue weighted by atomic mass is 35.5. The number of benzene rings is 3. The fourth-order valence-corrected chi connectivity index (χ4v) is 4.24. The Morgan fingerprint density at radius 3 is 2.42 bits per heavy atom. The Labute approximate surface area is 187 Å². The minimum Gasteiger partial charge on any atom is -0.422 e. The van der Waals surface area contributed by atoms with E-state index in [0.717, 1.165) is 21.2 Å². The molecule has 0 fully saturated rings. The average molecular weight is 449 g/mol. The summed E-state index contributed by atoms with van der Waals surface area (Å²) in [5.41, 5.74) is 4.84. The number of hydrogen-bond acceptors (Lipinski definition) is 5. The zero-order valence-corrected chi connectivity index (χ0v) is 18.0. The lowest BCUT2D eigenvalue weighted by atomic mass is 10.1. The van der Waals surface area contributed by atoms with Crippen molar-refractivity contribution in [2.45, 2.75) is 6.92 Å². The molecule has 1 aromatic heterocycles. The molecule has 154 valence electrons. The number of nitrogens with zero attached hydrogens (tertiary/aromatic N) is 1. The van der Waals surface area contributed by atoms with Crippen LogP contribution in [0.25, 0.3) is 10.1 Å². The number of amides is 1. The maximum absolute atomic E-state index is 12.5. The second-order valence-electron chi connectivity index (χ2n) is 6.77. The predicted molar refractivity (Wildman–Crippen MR) is 124 cm³/mol. The van der Waals surface area contributed by atoms with Gasteiger partial charge in [-0.15, -0.1) is 11.3 Å². The van der Waals surface area contributed by atoms with Gasteiger partial charge in [-0.05, 0) is 55.0 Å². The molecule has 0 saturated carbocycles. The Morgan fingerprint density at radius 1 is 1.00 bits per heavy atom. The Morgan fingerprint density at radius 2 is 1.71 bits per heavy atom. The van der Waals surface area contributed by atoms with Gasteiger partial charge in [0.2, 0.25) is 0 Å². The first-order chi connectivity index (χ1) is 15.0. The Kier molecular flexibility index (Phi) is 6.11. The summed E-state index contributed by atoms with van der Waals surface area (Å²) in [6, 6.07) is 21.5. The number of thiophene rings is 1. The molecule has 0 bridgehead atoms. The number of nitrogens with one attached hydrogen (secondary N) is 1. The summed E-state index contributed by atoms with van der Waals surface area (Å²) in [5.74, 6) is -0.403. The van der Waals surface area contributed by atoms with Crippen LogP contribution in [-0.2, 0) is 0 Å². The van der Waals surface area contributed by atoms with E-state index < -0.39 is 5.97 Å². The number of hydrazone groups is 1. The Hall–Kier alpha value is -3.48. The number of aryl methyl sites for hydroxylation is 1. The van der Waals surface area contributed by atoms with E-state index in [1.807, 2.05) is 43.3 Å². The number of carbonyl (C=O) groups excluding carboxylic acids is 2. The summed E-state index contributed by atoms with van der Waals surface area (Å²) in [7, 11) is 0. The van der Waals surface area contributed by atoms with Crippen molar-refractivity contribution in [3.63, 3.8) is 0 Å². The van der Waals surface area contributed by atoms with E-state index in [2.05, 4.69) is 10.5 Å². The molecule has 0 spiro atoms. The number of rotatable bonds is 5. The topological polar surface area (TPSA) is 67.8 Å². The molecular formula is C24H17ClN2O3S. The maximum Gasteiger partial charge on any atom is 0.355 e. The molecule has 4 rings (SSSR count). The van der Waals surface area contributed by atoms with Crippen LogP contribution in [0.2, 0.25) is 5.02 Å². The largest absolute Gasteiger partial charge is 0.422 e. The van der Waals surface area contributed by atoms with Crippen molar-refractivity contribution >= 4 is 51.1 Å². The normalized spacial score (nSPS) is 11.0. The van der Waals surface area contributed by atoms with E-state index in [0.29, 0.717) is 21.2 Å². The first kappa shape index (κ1) is 20.8. The van der Waals surface area contributed by atoms with Gasteiger partial charge in [-0.3, -0.25) is 4.79 Å². The molecule has 0 unspecified atom stereocenters. The van der Waals surface area contributed by atoms with E-state index in [1.165, 1.54) is 17.6 Å². The molecule has 0 saturated heterocycles. The fourth-order valence-electron chi connectivity index (χ4n) is 2.86. The van der Waals surface area contributed by atoms with Crippen LogP contribution >= 0.6 is 22.9 Å². The number of carbonyl (C=O) groups is 2. The highest BCUT2D eigenvalue weighted by Crippen LogP contribution is 2.35. The van der Waals surface area contributed by atoms with E-state index in [9.17, 15) is 9.59 Å². The second kappa shape index (κ2) is 9.12. The lowest BCUT2D eigenvalue weighted by molar-refractivity contribution is 0.0739.